The van der Waals surface area contributed by atoms with Crippen LogP contribution in [0.5, 0.6) is 0 Å². The van der Waals surface area contributed by atoms with Crippen molar-refractivity contribution in [3.05, 3.63) is 35.6 Å². The molecule has 0 amide bonds. The van der Waals surface area contributed by atoms with Crippen LogP contribution in [-0.2, 0) is 4.74 Å². The molecule has 1 aromatic carbocycles. The average molecular weight is 266 g/mol. The van der Waals surface area contributed by atoms with Crippen LogP contribution in [0.15, 0.2) is 24.3 Å². The van der Waals surface area contributed by atoms with Crippen LogP contribution in [0.1, 0.15) is 24.4 Å². The number of halogens is 1. The van der Waals surface area contributed by atoms with Gasteiger partial charge in [0.2, 0.25) is 0 Å². The summed E-state index contributed by atoms with van der Waals surface area (Å²) in [4.78, 5) is 2.22. The second kappa shape index (κ2) is 6.98. The van der Waals surface area contributed by atoms with Gasteiger partial charge in [-0.25, -0.2) is 4.39 Å². The van der Waals surface area contributed by atoms with Crippen molar-refractivity contribution in [2.75, 3.05) is 33.4 Å². The van der Waals surface area contributed by atoms with Crippen molar-refractivity contribution >= 4 is 0 Å². The third-order valence-electron chi connectivity index (χ3n) is 3.61. The number of hydrogen-bond donors (Lipinski definition) is 1. The van der Waals surface area contributed by atoms with Gasteiger partial charge in [0.1, 0.15) is 5.82 Å². The lowest BCUT2D eigenvalue weighted by Gasteiger charge is -2.28. The van der Waals surface area contributed by atoms with Crippen LogP contribution in [0.2, 0.25) is 0 Å². The van der Waals surface area contributed by atoms with Crippen LogP contribution >= 0.6 is 0 Å². The third kappa shape index (κ3) is 4.56. The van der Waals surface area contributed by atoms with E-state index in [0.29, 0.717) is 5.92 Å². The Morgan fingerprint density at radius 1 is 1.53 bits per heavy atom. The smallest absolute Gasteiger partial charge is 0.123 e. The van der Waals surface area contributed by atoms with Crippen LogP contribution in [0.3, 0.4) is 0 Å². The Kier molecular flexibility index (Phi) is 5.31. The topological polar surface area (TPSA) is 38.5 Å². The van der Waals surface area contributed by atoms with E-state index in [2.05, 4.69) is 11.9 Å². The molecular weight excluding hydrogens is 243 g/mol. The molecule has 0 bridgehead atoms. The van der Waals surface area contributed by atoms with E-state index in [1.807, 2.05) is 6.07 Å². The van der Waals surface area contributed by atoms with Gasteiger partial charge in [0.15, 0.2) is 0 Å². The third-order valence-corrected chi connectivity index (χ3v) is 3.61. The molecule has 2 unspecified atom stereocenters. The molecule has 3 nitrogen and oxygen atoms in total. The molecule has 0 aromatic heterocycles. The summed E-state index contributed by atoms with van der Waals surface area (Å²) in [5.74, 6) is 0.370. The minimum atomic E-state index is -0.226. The first-order valence-electron chi connectivity index (χ1n) is 6.92. The van der Waals surface area contributed by atoms with Crippen molar-refractivity contribution in [3.8, 4) is 0 Å². The molecule has 0 saturated carbocycles. The number of rotatable bonds is 5. The van der Waals surface area contributed by atoms with Crippen molar-refractivity contribution in [1.82, 2.24) is 4.90 Å². The van der Waals surface area contributed by atoms with E-state index in [4.69, 9.17) is 10.5 Å². The Bertz CT molecular complexity index is 393. The molecule has 0 aliphatic carbocycles. The van der Waals surface area contributed by atoms with E-state index < -0.39 is 0 Å². The zero-order chi connectivity index (χ0) is 13.7. The van der Waals surface area contributed by atoms with Gasteiger partial charge < -0.3 is 15.4 Å². The molecule has 1 fully saturated rings. The van der Waals surface area contributed by atoms with E-state index in [9.17, 15) is 4.39 Å². The van der Waals surface area contributed by atoms with Crippen molar-refractivity contribution in [1.29, 1.82) is 0 Å². The largest absolute Gasteiger partial charge is 0.381 e. The van der Waals surface area contributed by atoms with Crippen LogP contribution in [-0.4, -0.2) is 38.3 Å². The van der Waals surface area contributed by atoms with Crippen molar-refractivity contribution in [3.63, 3.8) is 0 Å². The predicted octanol–water partition coefficient (Wildman–Crippen LogP) is 2.18. The molecule has 1 aromatic rings. The van der Waals surface area contributed by atoms with Crippen molar-refractivity contribution in [2.45, 2.75) is 18.9 Å². The minimum absolute atomic E-state index is 0.148. The molecule has 1 saturated heterocycles. The average Bonchev–Trinajstić information content (AvgIpc) is 2.39. The molecule has 0 spiro atoms. The molecule has 1 aliphatic heterocycles. The van der Waals surface area contributed by atoms with Gasteiger partial charge in [-0.15, -0.1) is 0 Å². The monoisotopic (exact) mass is 266 g/mol. The quantitative estimate of drug-likeness (QED) is 0.888. The summed E-state index contributed by atoms with van der Waals surface area (Å²) in [7, 11) is 2.06. The van der Waals surface area contributed by atoms with E-state index in [1.54, 1.807) is 6.07 Å². The highest BCUT2D eigenvalue weighted by atomic mass is 19.1. The number of ether oxygens (including phenoxy) is 1. The van der Waals surface area contributed by atoms with Crippen molar-refractivity contribution < 1.29 is 9.13 Å². The standard InChI is InChI=1S/C15H23FN2O/c1-18(9-12-4-3-7-19-11-12)10-15(17)13-5-2-6-14(16)8-13/h2,5-6,8,12,15H,3-4,7,9-11,17H2,1H3. The Balaban J connectivity index is 1.82. The number of nitrogens with two attached hydrogens (primary N) is 1. The first kappa shape index (κ1) is 14.4. The van der Waals surface area contributed by atoms with Gasteiger partial charge in [-0.1, -0.05) is 12.1 Å². The molecule has 2 N–H and O–H groups in total. The first-order valence-corrected chi connectivity index (χ1v) is 6.92. The maximum absolute atomic E-state index is 13.2. The second-order valence-corrected chi connectivity index (χ2v) is 5.47. The van der Waals surface area contributed by atoms with Gasteiger partial charge >= 0.3 is 0 Å². The van der Waals surface area contributed by atoms with E-state index in [-0.39, 0.29) is 11.9 Å². The van der Waals surface area contributed by atoms with Crippen LogP contribution in [0, 0.1) is 11.7 Å². The fourth-order valence-electron chi connectivity index (χ4n) is 2.65. The predicted molar refractivity (Wildman–Crippen MR) is 74.4 cm³/mol. The molecule has 19 heavy (non-hydrogen) atoms. The summed E-state index contributed by atoms with van der Waals surface area (Å²) in [5.41, 5.74) is 6.98. The molecule has 106 valence electrons. The normalized spacial score (nSPS) is 21.6. The summed E-state index contributed by atoms with van der Waals surface area (Å²) in [6.07, 6.45) is 2.37. The minimum Gasteiger partial charge on any atom is -0.381 e. The summed E-state index contributed by atoms with van der Waals surface area (Å²) >= 11 is 0. The van der Waals surface area contributed by atoms with Crippen LogP contribution in [0.25, 0.3) is 0 Å². The van der Waals surface area contributed by atoms with Crippen molar-refractivity contribution in [2.24, 2.45) is 11.7 Å². The molecule has 0 radical (unpaired) electrons. The molecule has 1 heterocycles. The van der Waals surface area contributed by atoms with E-state index in [1.165, 1.54) is 18.6 Å². The van der Waals surface area contributed by atoms with Gasteiger partial charge in [0, 0.05) is 25.7 Å². The van der Waals surface area contributed by atoms with Gasteiger partial charge in [-0.2, -0.15) is 0 Å². The molecule has 4 heteroatoms. The highest BCUT2D eigenvalue weighted by Gasteiger charge is 2.17. The van der Waals surface area contributed by atoms with Gasteiger partial charge in [0.05, 0.1) is 6.61 Å². The lowest BCUT2D eigenvalue weighted by Crippen LogP contribution is -2.35. The lowest BCUT2D eigenvalue weighted by molar-refractivity contribution is 0.0414. The molecular formula is C15H23FN2O. The Morgan fingerprint density at radius 2 is 2.37 bits per heavy atom. The maximum atomic E-state index is 13.2. The zero-order valence-electron chi connectivity index (χ0n) is 11.5. The summed E-state index contributed by atoms with van der Waals surface area (Å²) < 4.78 is 18.6. The van der Waals surface area contributed by atoms with Gasteiger partial charge in [-0.05, 0) is 43.5 Å². The van der Waals surface area contributed by atoms with Gasteiger partial charge in [0.25, 0.3) is 0 Å². The highest BCUT2D eigenvalue weighted by molar-refractivity contribution is 5.20. The van der Waals surface area contributed by atoms with Crippen LogP contribution in [0.4, 0.5) is 4.39 Å². The second-order valence-electron chi connectivity index (χ2n) is 5.47. The number of likely N-dealkylation sites (N-methyl/N-ethyl adjacent to an activating group) is 1. The van der Waals surface area contributed by atoms with E-state index in [0.717, 1.165) is 38.3 Å². The summed E-state index contributed by atoms with van der Waals surface area (Å²) in [5, 5.41) is 0. The summed E-state index contributed by atoms with van der Waals surface area (Å²) in [6, 6.07) is 6.40. The Morgan fingerprint density at radius 3 is 3.05 bits per heavy atom. The lowest BCUT2D eigenvalue weighted by atomic mass is 10.0. The Labute approximate surface area is 114 Å². The first-order chi connectivity index (χ1) is 9.15. The highest BCUT2D eigenvalue weighted by Crippen LogP contribution is 2.17. The molecule has 2 rings (SSSR count). The number of benzene rings is 1. The van der Waals surface area contributed by atoms with Crippen LogP contribution < -0.4 is 5.73 Å². The zero-order valence-corrected chi connectivity index (χ0v) is 11.5. The Hall–Kier alpha value is -0.970. The fraction of sp³-hybridized carbons (Fsp3) is 0.600. The SMILES string of the molecule is CN(CC1CCCOC1)CC(N)c1cccc(F)c1. The number of nitrogens with zero attached hydrogens (tertiary/aromatic N) is 1. The maximum Gasteiger partial charge on any atom is 0.123 e. The fourth-order valence-corrected chi connectivity index (χ4v) is 2.65. The summed E-state index contributed by atoms with van der Waals surface area (Å²) in [6.45, 7) is 3.46. The molecule has 2 atom stereocenters. The van der Waals surface area contributed by atoms with Gasteiger partial charge in [-0.3, -0.25) is 0 Å². The number of hydrogen-bond acceptors (Lipinski definition) is 3. The molecule has 1 aliphatic rings. The van der Waals surface area contributed by atoms with E-state index >= 15 is 0 Å².